The minimum atomic E-state index is -5.95. The Balaban J connectivity index is 3.18. The summed E-state index contributed by atoms with van der Waals surface area (Å²) in [6.07, 6.45) is 1.41. The van der Waals surface area contributed by atoms with Crippen molar-refractivity contribution in [1.29, 1.82) is 0 Å². The van der Waals surface area contributed by atoms with E-state index >= 15 is 0 Å². The minimum absolute atomic E-state index is 0.501. The SMILES string of the molecule is O=[N+]([O-])c1ccncc1OS(=O)(=O)C(F)(F)F. The summed E-state index contributed by atoms with van der Waals surface area (Å²) in [5.41, 5.74) is -6.61. The molecule has 0 unspecified atom stereocenters. The molecule has 94 valence electrons. The van der Waals surface area contributed by atoms with Crippen LogP contribution in [0.25, 0.3) is 0 Å². The highest BCUT2D eigenvalue weighted by Crippen LogP contribution is 2.31. The van der Waals surface area contributed by atoms with Crippen LogP contribution >= 0.6 is 0 Å². The van der Waals surface area contributed by atoms with Gasteiger partial charge < -0.3 is 4.18 Å². The lowest BCUT2D eigenvalue weighted by Crippen LogP contribution is -2.28. The first kappa shape index (κ1) is 13.2. The van der Waals surface area contributed by atoms with Crippen LogP contribution < -0.4 is 4.18 Å². The molecular formula is C6H3F3N2O5S. The largest absolute Gasteiger partial charge is 0.534 e. The Morgan fingerprint density at radius 3 is 2.47 bits per heavy atom. The Kier molecular flexibility index (Phi) is 3.22. The number of rotatable bonds is 3. The molecule has 17 heavy (non-hydrogen) atoms. The highest BCUT2D eigenvalue weighted by Gasteiger charge is 2.49. The van der Waals surface area contributed by atoms with Crippen molar-refractivity contribution in [2.75, 3.05) is 0 Å². The molecule has 0 aliphatic carbocycles. The summed E-state index contributed by atoms with van der Waals surface area (Å²) in [6, 6.07) is 0.710. The lowest BCUT2D eigenvalue weighted by atomic mass is 10.4. The molecule has 0 radical (unpaired) electrons. The lowest BCUT2D eigenvalue weighted by molar-refractivity contribution is -0.385. The van der Waals surface area contributed by atoms with E-state index in [1.165, 1.54) is 0 Å². The van der Waals surface area contributed by atoms with Crippen molar-refractivity contribution >= 4 is 15.8 Å². The van der Waals surface area contributed by atoms with Crippen molar-refractivity contribution in [3.63, 3.8) is 0 Å². The molecular weight excluding hydrogens is 269 g/mol. The van der Waals surface area contributed by atoms with Gasteiger partial charge >= 0.3 is 21.3 Å². The van der Waals surface area contributed by atoms with Gasteiger partial charge in [0.1, 0.15) is 0 Å². The molecule has 0 aliphatic heterocycles. The molecule has 1 heterocycles. The van der Waals surface area contributed by atoms with Crippen molar-refractivity contribution in [3.8, 4) is 5.75 Å². The summed E-state index contributed by atoms with van der Waals surface area (Å²) in [6.45, 7) is 0. The maximum atomic E-state index is 11.9. The molecule has 0 fully saturated rings. The monoisotopic (exact) mass is 272 g/mol. The van der Waals surface area contributed by atoms with E-state index in [0.717, 1.165) is 6.20 Å². The topological polar surface area (TPSA) is 99.4 Å². The normalized spacial score (nSPS) is 12.2. The van der Waals surface area contributed by atoms with Crippen LogP contribution in [0.2, 0.25) is 0 Å². The molecule has 11 heteroatoms. The molecule has 1 aromatic heterocycles. The molecule has 1 aromatic rings. The molecule has 0 saturated heterocycles. The first-order valence-electron chi connectivity index (χ1n) is 3.74. The Morgan fingerprint density at radius 1 is 1.41 bits per heavy atom. The van der Waals surface area contributed by atoms with Gasteiger partial charge in [-0.1, -0.05) is 0 Å². The smallest absolute Gasteiger partial charge is 0.367 e. The van der Waals surface area contributed by atoms with Crippen LogP contribution in [0.3, 0.4) is 0 Å². The van der Waals surface area contributed by atoms with E-state index in [4.69, 9.17) is 0 Å². The maximum Gasteiger partial charge on any atom is 0.534 e. The summed E-state index contributed by atoms with van der Waals surface area (Å²) in [4.78, 5) is 12.5. The first-order valence-corrected chi connectivity index (χ1v) is 5.15. The van der Waals surface area contributed by atoms with Crippen LogP contribution in [0.4, 0.5) is 18.9 Å². The van der Waals surface area contributed by atoms with Gasteiger partial charge in [-0.2, -0.15) is 21.6 Å². The third kappa shape index (κ3) is 2.81. The zero-order valence-corrected chi connectivity index (χ0v) is 8.53. The number of hydrogen-bond acceptors (Lipinski definition) is 6. The van der Waals surface area contributed by atoms with Crippen LogP contribution in [0, 0.1) is 10.1 Å². The predicted octanol–water partition coefficient (Wildman–Crippen LogP) is 1.22. The Bertz CT molecular complexity index is 541. The standard InChI is InChI=1S/C6H3F3N2O5S/c7-6(8,9)17(14,15)16-5-3-10-2-1-4(5)11(12)13/h1-3H. The van der Waals surface area contributed by atoms with Crippen molar-refractivity contribution in [3.05, 3.63) is 28.6 Å². The van der Waals surface area contributed by atoms with Crippen molar-refractivity contribution in [2.24, 2.45) is 0 Å². The van der Waals surface area contributed by atoms with Gasteiger partial charge in [-0.3, -0.25) is 15.1 Å². The van der Waals surface area contributed by atoms with E-state index in [1.807, 2.05) is 0 Å². The van der Waals surface area contributed by atoms with E-state index in [0.29, 0.717) is 12.3 Å². The summed E-state index contributed by atoms with van der Waals surface area (Å²) in [7, 11) is -5.95. The van der Waals surface area contributed by atoms with E-state index in [2.05, 4.69) is 9.17 Å². The number of nitro groups is 1. The summed E-state index contributed by atoms with van der Waals surface area (Å²) < 4.78 is 60.6. The first-order chi connectivity index (χ1) is 7.65. The fraction of sp³-hybridized carbons (Fsp3) is 0.167. The van der Waals surface area contributed by atoms with Gasteiger partial charge in [0.15, 0.2) is 0 Å². The van der Waals surface area contributed by atoms with Crippen LogP contribution in [0.15, 0.2) is 18.5 Å². The molecule has 0 aliphatic rings. The highest BCUT2D eigenvalue weighted by atomic mass is 32.2. The molecule has 0 aromatic carbocycles. The number of hydrogen-bond donors (Lipinski definition) is 0. The molecule has 0 amide bonds. The molecule has 0 saturated carbocycles. The Hall–Kier alpha value is -1.91. The number of pyridine rings is 1. The predicted molar refractivity (Wildman–Crippen MR) is 46.5 cm³/mol. The third-order valence-electron chi connectivity index (χ3n) is 1.44. The van der Waals surface area contributed by atoms with Crippen molar-refractivity contribution < 1.29 is 30.7 Å². The third-order valence-corrected chi connectivity index (χ3v) is 2.41. The van der Waals surface area contributed by atoms with Crippen LogP contribution in [-0.4, -0.2) is 23.8 Å². The molecule has 0 spiro atoms. The molecule has 7 nitrogen and oxygen atoms in total. The van der Waals surface area contributed by atoms with E-state index in [1.54, 1.807) is 0 Å². The van der Waals surface area contributed by atoms with E-state index in [-0.39, 0.29) is 0 Å². The summed E-state index contributed by atoms with van der Waals surface area (Å²) >= 11 is 0. The highest BCUT2D eigenvalue weighted by molar-refractivity contribution is 7.88. The van der Waals surface area contributed by atoms with Gasteiger partial charge in [0, 0.05) is 12.3 Å². The van der Waals surface area contributed by atoms with Crippen LogP contribution in [-0.2, 0) is 10.1 Å². The zero-order chi connectivity index (χ0) is 13.3. The van der Waals surface area contributed by atoms with Crippen LogP contribution in [0.5, 0.6) is 5.75 Å². The number of halogens is 3. The second-order valence-electron chi connectivity index (χ2n) is 2.58. The Labute approximate surface area is 92.1 Å². The van der Waals surface area contributed by atoms with E-state index < -0.39 is 32.0 Å². The average Bonchev–Trinajstić information content (AvgIpc) is 2.15. The molecule has 1 rings (SSSR count). The van der Waals surface area contributed by atoms with Gasteiger partial charge in [0.05, 0.1) is 11.1 Å². The quantitative estimate of drug-likeness (QED) is 0.355. The number of alkyl halides is 3. The molecule has 0 bridgehead atoms. The zero-order valence-electron chi connectivity index (χ0n) is 7.71. The van der Waals surface area contributed by atoms with Crippen LogP contribution in [0.1, 0.15) is 0 Å². The minimum Gasteiger partial charge on any atom is -0.367 e. The van der Waals surface area contributed by atoms with Gasteiger partial charge in [-0.25, -0.2) is 0 Å². The summed E-state index contributed by atoms with van der Waals surface area (Å²) in [5.74, 6) is -1.10. The van der Waals surface area contributed by atoms with Gasteiger partial charge in [-0.05, 0) is 0 Å². The fourth-order valence-corrected chi connectivity index (χ4v) is 1.21. The number of aromatic nitrogens is 1. The maximum absolute atomic E-state index is 11.9. The fourth-order valence-electron chi connectivity index (χ4n) is 0.753. The van der Waals surface area contributed by atoms with Gasteiger partial charge in [0.25, 0.3) is 0 Å². The van der Waals surface area contributed by atoms with Crippen molar-refractivity contribution in [2.45, 2.75) is 5.51 Å². The number of nitrogens with zero attached hydrogens (tertiary/aromatic N) is 2. The average molecular weight is 272 g/mol. The lowest BCUT2D eigenvalue weighted by Gasteiger charge is -2.08. The van der Waals surface area contributed by atoms with Gasteiger partial charge in [-0.15, -0.1) is 0 Å². The van der Waals surface area contributed by atoms with Gasteiger partial charge in [0.2, 0.25) is 5.75 Å². The molecule has 0 atom stereocenters. The van der Waals surface area contributed by atoms with Crippen molar-refractivity contribution in [1.82, 2.24) is 4.98 Å². The Morgan fingerprint density at radius 2 is 2.00 bits per heavy atom. The second kappa shape index (κ2) is 4.16. The molecule has 0 N–H and O–H groups in total. The summed E-state index contributed by atoms with van der Waals surface area (Å²) in [5, 5.41) is 10.4. The van der Waals surface area contributed by atoms with E-state index in [9.17, 15) is 31.7 Å². The second-order valence-corrected chi connectivity index (χ2v) is 4.12.